The van der Waals surface area contributed by atoms with Gasteiger partial charge in [0.25, 0.3) is 0 Å². The van der Waals surface area contributed by atoms with Crippen LogP contribution in [-0.2, 0) is 19.1 Å². The Labute approximate surface area is 125 Å². The number of nitrogens with one attached hydrogen (secondary N) is 1. The molecule has 7 heteroatoms. The van der Waals surface area contributed by atoms with Gasteiger partial charge in [0.1, 0.15) is 11.6 Å². The summed E-state index contributed by atoms with van der Waals surface area (Å²) in [5.74, 6) is -1.14. The lowest BCUT2D eigenvalue weighted by Crippen LogP contribution is -2.44. The average Bonchev–Trinajstić information content (AvgIpc) is 2.32. The molecule has 3 N–H and O–H groups in total. The number of nitrogens with two attached hydrogens (primary N) is 1. The van der Waals surface area contributed by atoms with Crippen molar-refractivity contribution in [1.82, 2.24) is 5.32 Å². The van der Waals surface area contributed by atoms with Crippen molar-refractivity contribution in [2.24, 2.45) is 5.73 Å². The van der Waals surface area contributed by atoms with Crippen LogP contribution in [-0.4, -0.2) is 36.2 Å². The molecule has 122 valence electrons. The zero-order valence-electron chi connectivity index (χ0n) is 13.2. The molecular formula is C14H26N2O5. The fraction of sp³-hybridized carbons (Fsp3) is 0.786. The normalized spacial score (nSPS) is 12.4. The van der Waals surface area contributed by atoms with Crippen molar-refractivity contribution in [2.75, 3.05) is 6.61 Å². The molecule has 0 aromatic rings. The van der Waals surface area contributed by atoms with Crippen molar-refractivity contribution >= 4 is 18.0 Å². The first-order valence-electron chi connectivity index (χ1n) is 7.10. The van der Waals surface area contributed by atoms with Crippen LogP contribution >= 0.6 is 0 Å². The Morgan fingerprint density at radius 2 is 1.86 bits per heavy atom. The van der Waals surface area contributed by atoms with Crippen LogP contribution in [0.2, 0.25) is 0 Å². The Hall–Kier alpha value is -1.79. The number of hydrogen-bond donors (Lipinski definition) is 2. The predicted octanol–water partition coefficient (Wildman–Crippen LogP) is 1.49. The number of unbranched alkanes of at least 4 members (excludes halogenated alkanes) is 1. The number of ether oxygens (including phenoxy) is 2. The second kappa shape index (κ2) is 9.20. The van der Waals surface area contributed by atoms with Crippen LogP contribution in [0.25, 0.3) is 0 Å². The highest BCUT2D eigenvalue weighted by Crippen LogP contribution is 2.08. The van der Waals surface area contributed by atoms with E-state index in [0.29, 0.717) is 0 Å². The van der Waals surface area contributed by atoms with Gasteiger partial charge in [-0.25, -0.2) is 9.59 Å². The van der Waals surface area contributed by atoms with E-state index in [0.717, 1.165) is 12.8 Å². The fourth-order valence-electron chi connectivity index (χ4n) is 1.40. The van der Waals surface area contributed by atoms with Gasteiger partial charge in [-0.15, -0.1) is 0 Å². The number of carbonyl (C=O) groups is 3. The topological polar surface area (TPSA) is 108 Å². The molecule has 0 aromatic heterocycles. The van der Waals surface area contributed by atoms with Gasteiger partial charge in [0.2, 0.25) is 5.91 Å². The third-order valence-electron chi connectivity index (χ3n) is 2.40. The summed E-state index contributed by atoms with van der Waals surface area (Å²) >= 11 is 0. The first kappa shape index (κ1) is 19.2. The van der Waals surface area contributed by atoms with Crippen LogP contribution in [0.1, 0.15) is 53.4 Å². The minimum Gasteiger partial charge on any atom is -0.464 e. The summed E-state index contributed by atoms with van der Waals surface area (Å²) in [5, 5.41) is 2.41. The third kappa shape index (κ3) is 10.6. The standard InChI is InChI=1S/C14H26N2O5/c1-5-6-9-20-12(18)10(7-8-11(15)17)16-13(19)21-14(2,3)4/h10H,5-9H2,1-4H3,(H2,15,17)(H,16,19). The predicted molar refractivity (Wildman–Crippen MR) is 77.5 cm³/mol. The lowest BCUT2D eigenvalue weighted by molar-refractivity contribution is -0.146. The first-order valence-corrected chi connectivity index (χ1v) is 7.10. The maximum absolute atomic E-state index is 11.9. The summed E-state index contributed by atoms with van der Waals surface area (Å²) in [6, 6.07) is -0.941. The van der Waals surface area contributed by atoms with E-state index in [1.807, 2.05) is 6.92 Å². The third-order valence-corrected chi connectivity index (χ3v) is 2.40. The lowest BCUT2D eigenvalue weighted by Gasteiger charge is -2.22. The van der Waals surface area contributed by atoms with Gasteiger partial charge in [0, 0.05) is 6.42 Å². The summed E-state index contributed by atoms with van der Waals surface area (Å²) in [5.41, 5.74) is 4.38. The summed E-state index contributed by atoms with van der Waals surface area (Å²) in [7, 11) is 0. The monoisotopic (exact) mass is 302 g/mol. The summed E-state index contributed by atoms with van der Waals surface area (Å²) < 4.78 is 10.1. The number of amides is 2. The molecule has 7 nitrogen and oxygen atoms in total. The Balaban J connectivity index is 4.53. The van der Waals surface area contributed by atoms with Gasteiger partial charge in [-0.2, -0.15) is 0 Å². The molecule has 0 fully saturated rings. The van der Waals surface area contributed by atoms with Gasteiger partial charge in [0.15, 0.2) is 0 Å². The molecule has 0 saturated heterocycles. The highest BCUT2D eigenvalue weighted by Gasteiger charge is 2.25. The van der Waals surface area contributed by atoms with Crippen LogP contribution in [0.4, 0.5) is 4.79 Å². The highest BCUT2D eigenvalue weighted by atomic mass is 16.6. The Morgan fingerprint density at radius 1 is 1.24 bits per heavy atom. The Bertz CT molecular complexity index is 363. The van der Waals surface area contributed by atoms with E-state index < -0.39 is 29.6 Å². The first-order chi connectivity index (χ1) is 9.65. The Morgan fingerprint density at radius 3 is 2.33 bits per heavy atom. The molecule has 0 aliphatic heterocycles. The molecule has 0 radical (unpaired) electrons. The molecule has 0 aromatic carbocycles. The van der Waals surface area contributed by atoms with Crippen molar-refractivity contribution in [3.05, 3.63) is 0 Å². The Kier molecular flexibility index (Phi) is 8.42. The number of alkyl carbamates (subject to hydrolysis) is 1. The second-order valence-electron chi connectivity index (χ2n) is 5.72. The van der Waals surface area contributed by atoms with Crippen molar-refractivity contribution in [3.8, 4) is 0 Å². The second-order valence-corrected chi connectivity index (χ2v) is 5.72. The van der Waals surface area contributed by atoms with Gasteiger partial charge in [-0.1, -0.05) is 13.3 Å². The number of rotatable bonds is 8. The molecule has 1 unspecified atom stereocenters. The molecule has 0 saturated carbocycles. The molecule has 0 rings (SSSR count). The molecular weight excluding hydrogens is 276 g/mol. The highest BCUT2D eigenvalue weighted by molar-refractivity contribution is 5.82. The van der Waals surface area contributed by atoms with Gasteiger partial charge in [0.05, 0.1) is 6.61 Å². The van der Waals surface area contributed by atoms with Crippen LogP contribution < -0.4 is 11.1 Å². The number of primary amides is 1. The van der Waals surface area contributed by atoms with Crippen LogP contribution in [0.5, 0.6) is 0 Å². The van der Waals surface area contributed by atoms with Gasteiger partial charge in [-0.05, 0) is 33.6 Å². The summed E-state index contributed by atoms with van der Waals surface area (Å²) in [6.07, 6.45) is 0.951. The van der Waals surface area contributed by atoms with E-state index >= 15 is 0 Å². The van der Waals surface area contributed by atoms with Crippen LogP contribution in [0.15, 0.2) is 0 Å². The van der Waals surface area contributed by atoms with E-state index in [1.54, 1.807) is 20.8 Å². The summed E-state index contributed by atoms with van der Waals surface area (Å²) in [4.78, 5) is 34.4. The van der Waals surface area contributed by atoms with Crippen LogP contribution in [0.3, 0.4) is 0 Å². The zero-order chi connectivity index (χ0) is 16.5. The number of esters is 1. The van der Waals surface area contributed by atoms with Crippen molar-refractivity contribution in [1.29, 1.82) is 0 Å². The molecule has 0 aliphatic rings. The minimum atomic E-state index is -0.941. The number of carbonyl (C=O) groups excluding carboxylic acids is 3. The van der Waals surface area contributed by atoms with Gasteiger partial charge in [-0.3, -0.25) is 4.79 Å². The van der Waals surface area contributed by atoms with E-state index in [2.05, 4.69) is 5.32 Å². The van der Waals surface area contributed by atoms with E-state index in [4.69, 9.17) is 15.2 Å². The summed E-state index contributed by atoms with van der Waals surface area (Å²) in [6.45, 7) is 7.38. The average molecular weight is 302 g/mol. The van der Waals surface area contributed by atoms with Crippen molar-refractivity contribution in [2.45, 2.75) is 65.0 Å². The zero-order valence-corrected chi connectivity index (χ0v) is 13.2. The largest absolute Gasteiger partial charge is 0.464 e. The number of hydrogen-bond acceptors (Lipinski definition) is 5. The molecule has 0 aliphatic carbocycles. The fourth-order valence-corrected chi connectivity index (χ4v) is 1.40. The van der Waals surface area contributed by atoms with E-state index in [9.17, 15) is 14.4 Å². The van der Waals surface area contributed by atoms with Gasteiger partial charge >= 0.3 is 12.1 Å². The molecule has 1 atom stereocenters. The van der Waals surface area contributed by atoms with Crippen molar-refractivity contribution < 1.29 is 23.9 Å². The lowest BCUT2D eigenvalue weighted by atomic mass is 10.1. The molecule has 21 heavy (non-hydrogen) atoms. The molecule has 0 spiro atoms. The minimum absolute atomic E-state index is 0.0245. The maximum Gasteiger partial charge on any atom is 0.408 e. The SMILES string of the molecule is CCCCOC(=O)C(CCC(N)=O)NC(=O)OC(C)(C)C. The smallest absolute Gasteiger partial charge is 0.408 e. The van der Waals surface area contributed by atoms with E-state index in [1.165, 1.54) is 0 Å². The van der Waals surface area contributed by atoms with Gasteiger partial charge < -0.3 is 20.5 Å². The quantitative estimate of drug-likeness (QED) is 0.521. The maximum atomic E-state index is 11.9. The molecule has 0 bridgehead atoms. The van der Waals surface area contributed by atoms with Crippen molar-refractivity contribution in [3.63, 3.8) is 0 Å². The molecule has 2 amide bonds. The molecule has 0 heterocycles. The van der Waals surface area contributed by atoms with Crippen LogP contribution in [0, 0.1) is 0 Å². The van der Waals surface area contributed by atoms with E-state index in [-0.39, 0.29) is 19.4 Å².